The smallest absolute Gasteiger partial charge is 0.303 e. The molecule has 2 N–H and O–H groups in total. The molecule has 4 saturated carbocycles. The van der Waals surface area contributed by atoms with Crippen LogP contribution in [0.4, 0.5) is 0 Å². The van der Waals surface area contributed by atoms with Crippen LogP contribution in [0.2, 0.25) is 18.1 Å². The fraction of sp³-hybridized carbons (Fsp3) is 0.789. The molecule has 1 aromatic rings. The highest BCUT2D eigenvalue weighted by Gasteiger charge is 2.63. The summed E-state index contributed by atoms with van der Waals surface area (Å²) in [6.07, 6.45) is 12.6. The highest BCUT2D eigenvalue weighted by molar-refractivity contribution is 6.74. The van der Waals surface area contributed by atoms with Crippen LogP contribution in [0.25, 0.3) is 0 Å². The molecular weight excluding hydrogens is 580 g/mol. The molecule has 45 heavy (non-hydrogen) atoms. The fourth-order valence-corrected chi connectivity index (χ4v) is 11.5. The number of ketones is 1. The minimum Gasteiger partial charge on any atom is -0.508 e. The third kappa shape index (κ3) is 7.05. The Morgan fingerprint density at radius 2 is 1.76 bits per heavy atom. The maximum atomic E-state index is 12.7. The number of Topliss-reactive ketones (excluding diaryl/α,β-unsaturated/α-hetero) is 1. The summed E-state index contributed by atoms with van der Waals surface area (Å²) in [6, 6.07) is 5.45. The number of fused-ring (bicyclic) bond motifs is 5. The zero-order valence-corrected chi connectivity index (χ0v) is 30.1. The molecule has 0 amide bonds. The number of carboxylic acid groups (broad SMARTS) is 1. The van der Waals surface area contributed by atoms with Crippen molar-refractivity contribution in [2.75, 3.05) is 6.61 Å². The third-order valence-corrected chi connectivity index (χ3v) is 18.1. The Morgan fingerprint density at radius 1 is 1.02 bits per heavy atom. The lowest BCUT2D eigenvalue weighted by molar-refractivity contribution is -0.155. The van der Waals surface area contributed by atoms with Gasteiger partial charge >= 0.3 is 5.97 Å². The van der Waals surface area contributed by atoms with Crippen LogP contribution < -0.4 is 4.74 Å². The lowest BCUT2D eigenvalue weighted by Crippen LogP contribution is -2.58. The zero-order valence-electron chi connectivity index (χ0n) is 29.1. The highest BCUT2D eigenvalue weighted by Crippen LogP contribution is 2.68. The van der Waals surface area contributed by atoms with E-state index in [-0.39, 0.29) is 28.0 Å². The van der Waals surface area contributed by atoms with Gasteiger partial charge in [-0.3, -0.25) is 9.59 Å². The van der Waals surface area contributed by atoms with Crippen molar-refractivity contribution in [2.45, 2.75) is 142 Å². The van der Waals surface area contributed by atoms with Crippen molar-refractivity contribution in [3.8, 4) is 11.5 Å². The van der Waals surface area contributed by atoms with Gasteiger partial charge in [0.25, 0.3) is 0 Å². The molecule has 0 aromatic heterocycles. The number of rotatable bonds is 11. The number of carboxylic acids is 1. The molecule has 5 rings (SSSR count). The average Bonchev–Trinajstić information content (AvgIpc) is 3.26. The van der Waals surface area contributed by atoms with Crippen LogP contribution in [0.15, 0.2) is 18.2 Å². The summed E-state index contributed by atoms with van der Waals surface area (Å²) in [5.41, 5.74) is 1.55. The number of phenolic OH excluding ortho intramolecular Hbond substituents is 1. The molecule has 4 fully saturated rings. The molecule has 0 unspecified atom stereocenters. The molecule has 252 valence electrons. The maximum absolute atomic E-state index is 12.7. The molecule has 0 aliphatic heterocycles. The molecule has 0 saturated heterocycles. The van der Waals surface area contributed by atoms with Crippen LogP contribution in [0, 0.1) is 40.4 Å². The maximum Gasteiger partial charge on any atom is 0.303 e. The van der Waals surface area contributed by atoms with Crippen molar-refractivity contribution in [3.05, 3.63) is 23.8 Å². The average molecular weight is 641 g/mol. The molecule has 6 nitrogen and oxygen atoms in total. The Balaban J connectivity index is 1.33. The number of aromatic hydroxyl groups is 1. The number of ether oxygens (including phenoxy) is 1. The number of aliphatic carboxylic acids is 1. The van der Waals surface area contributed by atoms with Crippen molar-refractivity contribution in [1.82, 2.24) is 0 Å². The van der Waals surface area contributed by atoms with Gasteiger partial charge in [-0.1, -0.05) is 34.6 Å². The van der Waals surface area contributed by atoms with Crippen LogP contribution in [0.5, 0.6) is 11.5 Å². The second kappa shape index (κ2) is 13.0. The van der Waals surface area contributed by atoms with E-state index in [0.29, 0.717) is 60.3 Å². The number of aryl methyl sites for hydroxylation is 1. The number of hydrogen-bond donors (Lipinski definition) is 2. The summed E-state index contributed by atoms with van der Waals surface area (Å²) >= 11 is 0. The van der Waals surface area contributed by atoms with Gasteiger partial charge in [-0.05, 0) is 140 Å². The van der Waals surface area contributed by atoms with Gasteiger partial charge in [0.1, 0.15) is 17.3 Å². The van der Waals surface area contributed by atoms with Gasteiger partial charge in [0.15, 0.2) is 8.32 Å². The molecule has 0 heterocycles. The standard InChI is InChI=1S/C38H60O6Si/c1-36(2,3)45(6,7)44-33-14-13-31-35-26(11-8-10-25-20-29(40)24-30(21-25)43-19-9-12-34(41)42)22-27-23-28(39)15-17-37(27,4)32(35)16-18-38(31,33)5/h20-21,24,26-27,31-33,35,40H,8-19,22-23H2,1-7H3,(H,41,42)/t26-,27+,31+,32+,33+,35+,37+,38+/m1/s1. The second-order valence-corrected chi connectivity index (χ2v) is 22.0. The Labute approximate surface area is 273 Å². The van der Waals surface area contributed by atoms with Crippen molar-refractivity contribution < 1.29 is 29.0 Å². The normalized spacial score (nSPS) is 35.0. The number of carbonyl (C=O) groups is 2. The molecule has 0 spiro atoms. The first-order chi connectivity index (χ1) is 21.0. The van der Waals surface area contributed by atoms with Crippen molar-refractivity contribution in [3.63, 3.8) is 0 Å². The van der Waals surface area contributed by atoms with E-state index in [1.165, 1.54) is 32.1 Å². The van der Waals surface area contributed by atoms with Gasteiger partial charge in [-0.15, -0.1) is 0 Å². The Bertz CT molecular complexity index is 1240. The van der Waals surface area contributed by atoms with E-state index in [2.05, 4.69) is 47.7 Å². The predicted molar refractivity (Wildman–Crippen MR) is 181 cm³/mol. The fourth-order valence-electron chi connectivity index (χ4n) is 10.0. The van der Waals surface area contributed by atoms with E-state index in [4.69, 9.17) is 14.3 Å². The molecule has 1 aromatic carbocycles. The summed E-state index contributed by atoms with van der Waals surface area (Å²) in [4.78, 5) is 23.6. The van der Waals surface area contributed by atoms with Gasteiger partial charge in [-0.2, -0.15) is 0 Å². The zero-order chi connectivity index (χ0) is 32.8. The van der Waals surface area contributed by atoms with Crippen molar-refractivity contribution in [2.24, 2.45) is 40.4 Å². The summed E-state index contributed by atoms with van der Waals surface area (Å²) in [6.45, 7) is 17.3. The van der Waals surface area contributed by atoms with E-state index in [1.54, 1.807) is 6.07 Å². The van der Waals surface area contributed by atoms with Crippen LogP contribution in [0.3, 0.4) is 0 Å². The number of phenols is 1. The van der Waals surface area contributed by atoms with E-state index in [9.17, 15) is 14.7 Å². The first-order valence-electron chi connectivity index (χ1n) is 17.9. The largest absolute Gasteiger partial charge is 0.508 e. The monoisotopic (exact) mass is 640 g/mol. The van der Waals surface area contributed by atoms with Crippen LogP contribution >= 0.6 is 0 Å². The molecular formula is C38H60O6Si. The lowest BCUT2D eigenvalue weighted by atomic mass is 9.42. The first-order valence-corrected chi connectivity index (χ1v) is 20.8. The number of benzene rings is 1. The Hall–Kier alpha value is -1.86. The topological polar surface area (TPSA) is 93.1 Å². The molecule has 7 heteroatoms. The van der Waals surface area contributed by atoms with Gasteiger partial charge in [-0.25, -0.2) is 0 Å². The number of hydrogen-bond acceptors (Lipinski definition) is 5. The van der Waals surface area contributed by atoms with E-state index >= 15 is 0 Å². The van der Waals surface area contributed by atoms with Crippen LogP contribution in [-0.2, 0) is 20.4 Å². The molecule has 4 aliphatic carbocycles. The molecule has 0 bridgehead atoms. The van der Waals surface area contributed by atoms with Crippen molar-refractivity contribution >= 4 is 20.1 Å². The second-order valence-electron chi connectivity index (χ2n) is 17.3. The minimum absolute atomic E-state index is 0.0735. The highest BCUT2D eigenvalue weighted by atomic mass is 28.4. The minimum atomic E-state index is -1.88. The van der Waals surface area contributed by atoms with Gasteiger partial charge in [0, 0.05) is 25.3 Å². The van der Waals surface area contributed by atoms with E-state index in [0.717, 1.165) is 44.1 Å². The Kier molecular flexibility index (Phi) is 9.94. The van der Waals surface area contributed by atoms with E-state index < -0.39 is 14.3 Å². The van der Waals surface area contributed by atoms with Gasteiger partial charge in [0.05, 0.1) is 12.7 Å². The molecule has 0 radical (unpaired) electrons. The quantitative estimate of drug-likeness (QED) is 0.185. The SMILES string of the molecule is CC(C)(C)[Si](C)(C)O[C@H]1CC[C@H]2[C@@H]3[C@H](CCCc4cc(O)cc(OCCCC(=O)O)c4)C[C@H]4CC(=O)CC[C@]4(C)[C@H]3CC[C@]12C. The summed E-state index contributed by atoms with van der Waals surface area (Å²) in [5.74, 6) is 3.60. The first kappa shape index (κ1) is 34.5. The predicted octanol–water partition coefficient (Wildman–Crippen LogP) is 9.19. The molecule has 8 atom stereocenters. The summed E-state index contributed by atoms with van der Waals surface area (Å²) in [5, 5.41) is 19.5. The molecule has 4 aliphatic rings. The van der Waals surface area contributed by atoms with Crippen molar-refractivity contribution in [1.29, 1.82) is 0 Å². The number of carbonyl (C=O) groups excluding carboxylic acids is 1. The van der Waals surface area contributed by atoms with Crippen LogP contribution in [0.1, 0.15) is 117 Å². The van der Waals surface area contributed by atoms with E-state index in [1.807, 2.05) is 12.1 Å². The van der Waals surface area contributed by atoms with Crippen LogP contribution in [-0.4, -0.2) is 43.0 Å². The summed E-state index contributed by atoms with van der Waals surface area (Å²) < 4.78 is 13.0. The van der Waals surface area contributed by atoms with Gasteiger partial charge in [0.2, 0.25) is 0 Å². The summed E-state index contributed by atoms with van der Waals surface area (Å²) in [7, 11) is -1.88. The lowest BCUT2D eigenvalue weighted by Gasteiger charge is -2.63. The third-order valence-electron chi connectivity index (χ3n) is 13.6. The van der Waals surface area contributed by atoms with Gasteiger partial charge < -0.3 is 19.4 Å². The Morgan fingerprint density at radius 3 is 2.47 bits per heavy atom.